The molecule has 7 rings (SSSR count). The number of halogens is 1. The molecule has 3 heterocycles. The first-order valence-electron chi connectivity index (χ1n) is 19.2. The normalized spacial score (nSPS) is 30.6. The van der Waals surface area contributed by atoms with Crippen molar-refractivity contribution < 1.29 is 23.3 Å². The summed E-state index contributed by atoms with van der Waals surface area (Å²) >= 11 is 6.49. The Morgan fingerprint density at radius 1 is 1.13 bits per heavy atom. The molecule has 282 valence electrons. The number of piperazine rings is 1. The minimum absolute atomic E-state index is 0.0323. The Labute approximate surface area is 314 Å². The third-order valence-corrected chi connectivity index (χ3v) is 14.0. The molecule has 3 aliphatic heterocycles. The Bertz CT molecular complexity index is 1790. The van der Waals surface area contributed by atoms with E-state index in [1.165, 1.54) is 11.1 Å². The molecule has 52 heavy (non-hydrogen) atoms. The number of aryl methyl sites for hydroxylation is 1. The average molecular weight is 752 g/mol. The summed E-state index contributed by atoms with van der Waals surface area (Å²) in [5.74, 6) is 0.574. The second-order valence-electron chi connectivity index (χ2n) is 15.5. The number of fused-ring (bicyclic) bond motifs is 4. The first kappa shape index (κ1) is 37.4. The number of nitrogens with zero attached hydrogens (tertiary/aromatic N) is 4. The highest BCUT2D eigenvalue weighted by atomic mass is 35.5. The molecule has 5 atom stereocenters. The fraction of sp³-hybridized carbons (Fsp3) is 0.600. The minimum atomic E-state index is -3.33. The summed E-state index contributed by atoms with van der Waals surface area (Å²) in [5, 5.41) is 0.751. The molecule has 2 aromatic rings. The fourth-order valence-corrected chi connectivity index (χ4v) is 10.5. The van der Waals surface area contributed by atoms with Crippen LogP contribution in [0.15, 0.2) is 52.9 Å². The van der Waals surface area contributed by atoms with Crippen molar-refractivity contribution in [3.05, 3.63) is 70.3 Å². The maximum absolute atomic E-state index is 14.0. The number of hydrogen-bond donors (Lipinski definition) is 1. The van der Waals surface area contributed by atoms with Crippen LogP contribution in [0, 0.1) is 11.8 Å². The van der Waals surface area contributed by atoms with Gasteiger partial charge in [0, 0.05) is 68.2 Å². The van der Waals surface area contributed by atoms with Gasteiger partial charge in [0.1, 0.15) is 15.7 Å². The number of ether oxygens (including phenoxy) is 2. The Morgan fingerprint density at radius 2 is 1.98 bits per heavy atom. The number of likely N-dealkylation sites (N-methyl/N-ethyl adjacent to an activating group) is 1. The molecule has 5 aliphatic rings. The van der Waals surface area contributed by atoms with Crippen LogP contribution in [0.1, 0.15) is 73.4 Å². The predicted molar refractivity (Wildman–Crippen MR) is 207 cm³/mol. The van der Waals surface area contributed by atoms with Gasteiger partial charge in [0.15, 0.2) is 0 Å². The summed E-state index contributed by atoms with van der Waals surface area (Å²) in [4.78, 5) is 33.5. The van der Waals surface area contributed by atoms with E-state index in [0.29, 0.717) is 43.5 Å². The van der Waals surface area contributed by atoms with E-state index in [4.69, 9.17) is 21.1 Å². The zero-order valence-corrected chi connectivity index (χ0v) is 32.3. The summed E-state index contributed by atoms with van der Waals surface area (Å²) in [7, 11) is -1.16. The van der Waals surface area contributed by atoms with Gasteiger partial charge in [0.05, 0.1) is 30.8 Å². The predicted octanol–water partition coefficient (Wildman–Crippen LogP) is 5.87. The second kappa shape index (κ2) is 16.2. The van der Waals surface area contributed by atoms with Gasteiger partial charge < -0.3 is 19.3 Å². The highest BCUT2D eigenvalue weighted by Gasteiger charge is 2.44. The van der Waals surface area contributed by atoms with Crippen molar-refractivity contribution in [2.75, 3.05) is 76.7 Å². The number of carbonyl (C=O) groups is 2. The third kappa shape index (κ3) is 8.39. The number of allylic oxidation sites excluding steroid dienone is 1. The van der Waals surface area contributed by atoms with Crippen LogP contribution < -0.4 is 14.4 Å². The van der Waals surface area contributed by atoms with E-state index in [1.807, 2.05) is 18.2 Å². The molecule has 10 nitrogen and oxygen atoms in total. The maximum atomic E-state index is 14.0. The Morgan fingerprint density at radius 3 is 2.77 bits per heavy atom. The number of anilines is 1. The van der Waals surface area contributed by atoms with E-state index in [2.05, 4.69) is 55.1 Å². The SMILES string of the molecule is CCC(=O)N[S@@]1(=O)=NC(=O)c2ccc3c(c2)N(C[C@@H]2CC[C@H]2[C@@H](OCCN2CCN(C)CC2)/C=C/CCC1)C[C@@]1(CCCc2cc(Cl)ccc21)CO3. The lowest BCUT2D eigenvalue weighted by Gasteiger charge is -2.46. The van der Waals surface area contributed by atoms with Crippen LogP contribution in [0.5, 0.6) is 5.75 Å². The van der Waals surface area contributed by atoms with Gasteiger partial charge in [-0.05, 0) is 105 Å². The van der Waals surface area contributed by atoms with Crippen LogP contribution in [0.3, 0.4) is 0 Å². The molecule has 2 bridgehead atoms. The zero-order chi connectivity index (χ0) is 36.3. The second-order valence-corrected chi connectivity index (χ2v) is 18.0. The monoisotopic (exact) mass is 751 g/mol. The maximum Gasteiger partial charge on any atom is 0.286 e. The van der Waals surface area contributed by atoms with E-state index in [9.17, 15) is 13.8 Å². The number of nitrogens with one attached hydrogen (secondary N) is 1. The molecule has 0 radical (unpaired) electrons. The van der Waals surface area contributed by atoms with Gasteiger partial charge in [0.2, 0.25) is 5.91 Å². The number of benzene rings is 2. The zero-order valence-electron chi connectivity index (χ0n) is 30.7. The van der Waals surface area contributed by atoms with Crippen LogP contribution in [-0.2, 0) is 31.3 Å². The molecule has 1 N–H and O–H groups in total. The molecule has 12 heteroatoms. The molecule has 2 amide bonds. The molecule has 1 saturated carbocycles. The molecule has 1 saturated heterocycles. The van der Waals surface area contributed by atoms with Gasteiger partial charge in [0.25, 0.3) is 5.91 Å². The van der Waals surface area contributed by atoms with Gasteiger partial charge in [-0.3, -0.25) is 19.2 Å². The summed E-state index contributed by atoms with van der Waals surface area (Å²) in [6.07, 6.45) is 10.8. The highest BCUT2D eigenvalue weighted by molar-refractivity contribution is 7.92. The van der Waals surface area contributed by atoms with E-state index >= 15 is 0 Å². The number of carbonyl (C=O) groups excluding carboxylic acids is 2. The van der Waals surface area contributed by atoms with Crippen molar-refractivity contribution in [3.63, 3.8) is 0 Å². The third-order valence-electron chi connectivity index (χ3n) is 11.9. The smallest absolute Gasteiger partial charge is 0.286 e. The van der Waals surface area contributed by atoms with E-state index in [0.717, 1.165) is 94.4 Å². The Hall–Kier alpha value is -2.96. The van der Waals surface area contributed by atoms with Crippen LogP contribution in [-0.4, -0.2) is 104 Å². The molecular formula is C40H54ClN5O5S. The highest BCUT2D eigenvalue weighted by Crippen LogP contribution is 2.47. The largest absolute Gasteiger partial charge is 0.490 e. The van der Waals surface area contributed by atoms with Crippen LogP contribution >= 0.6 is 11.6 Å². The first-order valence-corrected chi connectivity index (χ1v) is 21.3. The van der Waals surface area contributed by atoms with Gasteiger partial charge in [-0.25, -0.2) is 4.21 Å². The summed E-state index contributed by atoms with van der Waals surface area (Å²) in [5.41, 5.74) is 3.51. The van der Waals surface area contributed by atoms with Crippen molar-refractivity contribution in [1.29, 1.82) is 0 Å². The Kier molecular flexibility index (Phi) is 11.6. The molecule has 1 spiro atoms. The van der Waals surface area contributed by atoms with E-state index in [-0.39, 0.29) is 23.7 Å². The van der Waals surface area contributed by atoms with Crippen LogP contribution in [0.4, 0.5) is 5.69 Å². The lowest BCUT2D eigenvalue weighted by atomic mass is 9.68. The lowest BCUT2D eigenvalue weighted by molar-refractivity contribution is -0.118. The number of hydrogen-bond acceptors (Lipinski definition) is 8. The van der Waals surface area contributed by atoms with Crippen LogP contribution in [0.25, 0.3) is 0 Å². The van der Waals surface area contributed by atoms with Gasteiger partial charge in [-0.15, -0.1) is 4.36 Å². The quantitative estimate of drug-likeness (QED) is 0.366. The molecule has 0 unspecified atom stereocenters. The fourth-order valence-electron chi connectivity index (χ4n) is 8.68. The number of amides is 2. The van der Waals surface area contributed by atoms with Crippen molar-refractivity contribution in [3.8, 4) is 5.75 Å². The van der Waals surface area contributed by atoms with Gasteiger partial charge in [-0.2, -0.15) is 0 Å². The lowest BCUT2D eigenvalue weighted by Crippen LogP contribution is -2.50. The van der Waals surface area contributed by atoms with Gasteiger partial charge >= 0.3 is 0 Å². The van der Waals surface area contributed by atoms with Crippen LogP contribution in [0.2, 0.25) is 5.02 Å². The molecule has 2 aromatic carbocycles. The van der Waals surface area contributed by atoms with Crippen molar-refractivity contribution >= 4 is 39.0 Å². The topological polar surface area (TPSA) is 104 Å². The first-order chi connectivity index (χ1) is 25.1. The summed E-state index contributed by atoms with van der Waals surface area (Å²) < 4.78 is 34.3. The summed E-state index contributed by atoms with van der Waals surface area (Å²) in [6, 6.07) is 11.7. The standard InChI is InChI=1S/C40H54ClN5O5S/c1-3-38(47)42-52(49)23-6-4-5-9-36(50-22-21-45-19-17-44(2)18-20-45)33-13-10-31(33)26-46-27-40(16-7-8-29-24-32(41)12-14-34(29)40)28-51-37-15-11-30(25-35(37)46)39(48)43-52/h5,9,11-12,14-15,24-25,31,33,36H,3-4,6-8,10,13,16-23,26-28H2,1-2H3,(H,42,43,47,48,49)/b9-5+/t31-,33+,36-,40-,52+/m0/s1. The molecular weight excluding hydrogens is 698 g/mol. The molecule has 2 fully saturated rings. The molecule has 0 aromatic heterocycles. The molecule has 2 aliphatic carbocycles. The van der Waals surface area contributed by atoms with Crippen molar-refractivity contribution in [2.45, 2.75) is 69.8 Å². The number of rotatable bonds is 6. The van der Waals surface area contributed by atoms with Gasteiger partial charge in [-0.1, -0.05) is 36.7 Å². The van der Waals surface area contributed by atoms with E-state index in [1.54, 1.807) is 13.0 Å². The minimum Gasteiger partial charge on any atom is -0.490 e. The summed E-state index contributed by atoms with van der Waals surface area (Å²) in [6.45, 7) is 9.62. The van der Waals surface area contributed by atoms with Crippen molar-refractivity contribution in [2.24, 2.45) is 16.2 Å². The van der Waals surface area contributed by atoms with E-state index < -0.39 is 21.7 Å². The van der Waals surface area contributed by atoms with Crippen molar-refractivity contribution in [1.82, 2.24) is 14.5 Å². The Balaban J connectivity index is 1.23. The average Bonchev–Trinajstić information content (AvgIpc) is 3.26.